The molecule has 1 aliphatic heterocycles. The van der Waals surface area contributed by atoms with E-state index in [1.54, 1.807) is 0 Å². The average Bonchev–Trinajstić information content (AvgIpc) is 3.19. The Hall–Kier alpha value is -2.83. The van der Waals surface area contributed by atoms with Crippen molar-refractivity contribution in [2.75, 3.05) is 32.7 Å². The van der Waals surface area contributed by atoms with Crippen LogP contribution in [0.2, 0.25) is 0 Å². The zero-order valence-corrected chi connectivity index (χ0v) is 16.1. The topological polar surface area (TPSA) is 50.1 Å². The lowest BCUT2D eigenvalue weighted by molar-refractivity contribution is 0.112. The highest BCUT2D eigenvalue weighted by Gasteiger charge is 2.30. The average molecular weight is 374 g/mol. The minimum absolute atomic E-state index is 0.0470. The first-order chi connectivity index (χ1) is 13.8. The predicted molar refractivity (Wildman–Crippen MR) is 110 cm³/mol. The number of hydrogen-bond donors (Lipinski definition) is 0. The number of aromatic nitrogens is 4. The third-order valence-electron chi connectivity index (χ3n) is 5.25. The minimum Gasteiger partial charge on any atom is -0.297 e. The van der Waals surface area contributed by atoms with Gasteiger partial charge in [-0.15, -0.1) is 11.7 Å². The molecule has 1 fully saturated rings. The van der Waals surface area contributed by atoms with Gasteiger partial charge in [0.15, 0.2) is 5.82 Å². The molecule has 1 saturated heterocycles. The second-order valence-electron chi connectivity index (χ2n) is 7.12. The molecule has 4 rings (SSSR count). The number of hydrogen-bond acceptors (Lipinski definition) is 5. The molecule has 6 nitrogen and oxygen atoms in total. The Morgan fingerprint density at radius 2 is 1.61 bits per heavy atom. The zero-order valence-electron chi connectivity index (χ0n) is 16.1. The molecule has 1 aromatic heterocycles. The molecule has 0 aliphatic carbocycles. The molecule has 0 amide bonds. The molecule has 0 N–H and O–H groups in total. The number of benzene rings is 2. The number of nitrogens with zero attached hydrogens (tertiary/aromatic N) is 6. The van der Waals surface area contributed by atoms with Crippen LogP contribution in [0.1, 0.15) is 23.0 Å². The third-order valence-corrected chi connectivity index (χ3v) is 5.25. The second-order valence-corrected chi connectivity index (χ2v) is 7.12. The van der Waals surface area contributed by atoms with E-state index in [4.69, 9.17) is 0 Å². The largest absolute Gasteiger partial charge is 0.297 e. The third kappa shape index (κ3) is 4.18. The summed E-state index contributed by atoms with van der Waals surface area (Å²) in [7, 11) is 0. The molecule has 2 heterocycles. The molecule has 0 saturated carbocycles. The fraction of sp³-hybridized carbons (Fsp3) is 0.318. The predicted octanol–water partition coefficient (Wildman–Crippen LogP) is 2.61. The van der Waals surface area contributed by atoms with Gasteiger partial charge in [0, 0.05) is 32.7 Å². The Balaban J connectivity index is 1.62. The van der Waals surface area contributed by atoms with Gasteiger partial charge in [0.1, 0.15) is 0 Å². The van der Waals surface area contributed by atoms with Crippen LogP contribution < -0.4 is 0 Å². The lowest BCUT2D eigenvalue weighted by Gasteiger charge is -2.38. The standard InChI is InChI=1S/C22H26N6/c1-2-13-26-14-16-27(17-15-26)21(20-11-7-4-8-12-20)22-23-24-25-28(22)18-19-9-5-3-6-10-19/h2-12,21H,1,13-18H2. The molecular weight excluding hydrogens is 348 g/mol. The summed E-state index contributed by atoms with van der Waals surface area (Å²) in [5.74, 6) is 0.896. The SMILES string of the molecule is C=CCN1CCN(C(c2ccccc2)c2nnnn2Cc2ccccc2)CC1. The van der Waals surface area contributed by atoms with Crippen LogP contribution in [0.4, 0.5) is 0 Å². The molecule has 1 unspecified atom stereocenters. The maximum Gasteiger partial charge on any atom is 0.173 e. The fourth-order valence-corrected chi connectivity index (χ4v) is 3.82. The number of rotatable bonds is 7. The minimum atomic E-state index is 0.0470. The molecule has 3 aromatic rings. The number of tetrazole rings is 1. The van der Waals surface area contributed by atoms with Gasteiger partial charge in [0.05, 0.1) is 12.6 Å². The van der Waals surface area contributed by atoms with Gasteiger partial charge in [-0.05, 0) is 21.6 Å². The Kier molecular flexibility index (Phi) is 5.89. The summed E-state index contributed by atoms with van der Waals surface area (Å²) in [6.45, 7) is 9.48. The molecular formula is C22H26N6. The monoisotopic (exact) mass is 374 g/mol. The summed E-state index contributed by atoms with van der Waals surface area (Å²) in [6, 6.07) is 20.9. The Morgan fingerprint density at radius 3 is 2.29 bits per heavy atom. The van der Waals surface area contributed by atoms with Gasteiger partial charge >= 0.3 is 0 Å². The Bertz CT molecular complexity index is 868. The van der Waals surface area contributed by atoms with E-state index < -0.39 is 0 Å². The van der Waals surface area contributed by atoms with Crippen molar-refractivity contribution in [3.05, 3.63) is 90.3 Å². The van der Waals surface area contributed by atoms with Gasteiger partial charge in [-0.1, -0.05) is 66.7 Å². The van der Waals surface area contributed by atoms with E-state index in [9.17, 15) is 0 Å². The van der Waals surface area contributed by atoms with Gasteiger partial charge < -0.3 is 0 Å². The van der Waals surface area contributed by atoms with Crippen molar-refractivity contribution in [1.29, 1.82) is 0 Å². The Morgan fingerprint density at radius 1 is 0.929 bits per heavy atom. The van der Waals surface area contributed by atoms with Crippen molar-refractivity contribution in [3.8, 4) is 0 Å². The second kappa shape index (κ2) is 8.91. The molecule has 0 radical (unpaired) electrons. The molecule has 28 heavy (non-hydrogen) atoms. The zero-order chi connectivity index (χ0) is 19.2. The molecule has 0 spiro atoms. The molecule has 1 atom stereocenters. The van der Waals surface area contributed by atoms with Gasteiger partial charge in [-0.2, -0.15) is 0 Å². The molecule has 6 heteroatoms. The summed E-state index contributed by atoms with van der Waals surface area (Å²) in [4.78, 5) is 4.92. The summed E-state index contributed by atoms with van der Waals surface area (Å²) >= 11 is 0. The maximum atomic E-state index is 4.45. The van der Waals surface area contributed by atoms with Crippen molar-refractivity contribution in [2.45, 2.75) is 12.6 Å². The molecule has 2 aromatic carbocycles. The van der Waals surface area contributed by atoms with Crippen LogP contribution in [0.15, 0.2) is 73.3 Å². The van der Waals surface area contributed by atoms with E-state index >= 15 is 0 Å². The van der Waals surface area contributed by atoms with Crippen molar-refractivity contribution in [1.82, 2.24) is 30.0 Å². The normalized spacial score (nSPS) is 16.7. The first-order valence-corrected chi connectivity index (χ1v) is 9.77. The van der Waals surface area contributed by atoms with Crippen molar-refractivity contribution in [3.63, 3.8) is 0 Å². The molecule has 144 valence electrons. The highest BCUT2D eigenvalue weighted by atomic mass is 15.6. The molecule has 0 bridgehead atoms. The van der Waals surface area contributed by atoms with Crippen LogP contribution in [0, 0.1) is 0 Å². The summed E-state index contributed by atoms with van der Waals surface area (Å²) < 4.78 is 1.93. The summed E-state index contributed by atoms with van der Waals surface area (Å²) in [6.07, 6.45) is 1.98. The van der Waals surface area contributed by atoms with Gasteiger partial charge in [-0.25, -0.2) is 4.68 Å². The quantitative estimate of drug-likeness (QED) is 0.595. The van der Waals surface area contributed by atoms with Crippen LogP contribution in [-0.4, -0.2) is 62.7 Å². The van der Waals surface area contributed by atoms with Crippen LogP contribution in [0.5, 0.6) is 0 Å². The van der Waals surface area contributed by atoms with E-state index in [1.165, 1.54) is 11.1 Å². The van der Waals surface area contributed by atoms with Crippen LogP contribution >= 0.6 is 0 Å². The highest BCUT2D eigenvalue weighted by Crippen LogP contribution is 2.28. The van der Waals surface area contributed by atoms with E-state index in [0.717, 1.165) is 38.5 Å². The first kappa shape index (κ1) is 18.5. The van der Waals surface area contributed by atoms with Crippen LogP contribution in [0.25, 0.3) is 0 Å². The van der Waals surface area contributed by atoms with E-state index in [0.29, 0.717) is 6.54 Å². The smallest absolute Gasteiger partial charge is 0.173 e. The first-order valence-electron chi connectivity index (χ1n) is 9.77. The summed E-state index contributed by atoms with van der Waals surface area (Å²) in [5, 5.41) is 12.8. The summed E-state index contributed by atoms with van der Waals surface area (Å²) in [5.41, 5.74) is 2.42. The lowest BCUT2D eigenvalue weighted by Crippen LogP contribution is -2.48. The fourth-order valence-electron chi connectivity index (χ4n) is 3.82. The maximum absolute atomic E-state index is 4.45. The van der Waals surface area contributed by atoms with Gasteiger partial charge in [-0.3, -0.25) is 9.80 Å². The highest BCUT2D eigenvalue weighted by molar-refractivity contribution is 5.25. The van der Waals surface area contributed by atoms with Gasteiger partial charge in [0.2, 0.25) is 0 Å². The van der Waals surface area contributed by atoms with E-state index in [1.807, 2.05) is 29.0 Å². The van der Waals surface area contributed by atoms with Crippen molar-refractivity contribution in [2.24, 2.45) is 0 Å². The van der Waals surface area contributed by atoms with Crippen molar-refractivity contribution >= 4 is 0 Å². The Labute approximate surface area is 166 Å². The van der Waals surface area contributed by atoms with Gasteiger partial charge in [0.25, 0.3) is 0 Å². The van der Waals surface area contributed by atoms with Crippen LogP contribution in [-0.2, 0) is 6.54 Å². The van der Waals surface area contributed by atoms with E-state index in [2.05, 4.69) is 74.4 Å². The number of piperazine rings is 1. The lowest BCUT2D eigenvalue weighted by atomic mass is 10.0. The van der Waals surface area contributed by atoms with Crippen LogP contribution in [0.3, 0.4) is 0 Å². The van der Waals surface area contributed by atoms with Crippen molar-refractivity contribution < 1.29 is 0 Å². The van der Waals surface area contributed by atoms with E-state index in [-0.39, 0.29) is 6.04 Å². The molecule has 1 aliphatic rings.